The first-order valence-electron chi connectivity index (χ1n) is 7.42. The molecular weight excluding hydrogens is 268 g/mol. The lowest BCUT2D eigenvalue weighted by molar-refractivity contribution is -0.130. The van der Waals surface area contributed by atoms with Gasteiger partial charge in [-0.1, -0.05) is 0 Å². The molecule has 1 aromatic rings. The van der Waals surface area contributed by atoms with Gasteiger partial charge in [0.25, 0.3) is 0 Å². The summed E-state index contributed by atoms with van der Waals surface area (Å²) in [6.07, 6.45) is 1.47. The van der Waals surface area contributed by atoms with E-state index in [2.05, 4.69) is 5.32 Å². The first-order chi connectivity index (χ1) is 10.1. The van der Waals surface area contributed by atoms with E-state index >= 15 is 0 Å². The van der Waals surface area contributed by atoms with Gasteiger partial charge >= 0.3 is 0 Å². The number of rotatable bonds is 5. The van der Waals surface area contributed by atoms with Crippen LogP contribution in [0.15, 0.2) is 24.3 Å². The average Bonchev–Trinajstić information content (AvgIpc) is 2.49. The number of anilines is 1. The highest BCUT2D eigenvalue weighted by atomic mass is 16.5. The van der Waals surface area contributed by atoms with E-state index < -0.39 is 5.41 Å². The summed E-state index contributed by atoms with van der Waals surface area (Å²) in [4.78, 5) is 12.5. The number of carbonyl (C=O) groups excluding carboxylic acids is 1. The van der Waals surface area contributed by atoms with E-state index in [1.165, 1.54) is 0 Å². The number of ether oxygens (including phenoxy) is 2. The van der Waals surface area contributed by atoms with E-state index in [4.69, 9.17) is 15.2 Å². The van der Waals surface area contributed by atoms with E-state index in [0.29, 0.717) is 32.6 Å². The van der Waals surface area contributed by atoms with Crippen molar-refractivity contribution < 1.29 is 14.3 Å². The molecule has 1 aliphatic heterocycles. The van der Waals surface area contributed by atoms with Crippen LogP contribution in [0.25, 0.3) is 0 Å². The minimum absolute atomic E-state index is 0.0224. The normalized spacial score (nSPS) is 17.5. The molecule has 0 saturated carbocycles. The molecule has 2 rings (SSSR count). The monoisotopic (exact) mass is 292 g/mol. The Bertz CT molecular complexity index is 465. The van der Waals surface area contributed by atoms with Crippen LogP contribution in [0.4, 0.5) is 5.69 Å². The summed E-state index contributed by atoms with van der Waals surface area (Å²) < 4.78 is 10.9. The fraction of sp³-hybridized carbons (Fsp3) is 0.562. The van der Waals surface area contributed by atoms with Gasteiger partial charge in [0.15, 0.2) is 0 Å². The smallest absolute Gasteiger partial charge is 0.232 e. The molecule has 0 atom stereocenters. The van der Waals surface area contributed by atoms with Crippen molar-refractivity contribution in [2.45, 2.75) is 32.8 Å². The Labute approximate surface area is 125 Å². The van der Waals surface area contributed by atoms with Crippen molar-refractivity contribution in [1.82, 2.24) is 0 Å². The van der Waals surface area contributed by atoms with Crippen molar-refractivity contribution in [3.63, 3.8) is 0 Å². The summed E-state index contributed by atoms with van der Waals surface area (Å²) in [5.41, 5.74) is 6.09. The molecule has 1 aliphatic rings. The van der Waals surface area contributed by atoms with Gasteiger partial charge in [-0.15, -0.1) is 0 Å². The zero-order valence-electron chi connectivity index (χ0n) is 12.7. The van der Waals surface area contributed by atoms with Crippen LogP contribution < -0.4 is 15.8 Å². The highest BCUT2D eigenvalue weighted by Gasteiger charge is 2.38. The van der Waals surface area contributed by atoms with Gasteiger partial charge in [0.2, 0.25) is 5.91 Å². The third-order valence-electron chi connectivity index (χ3n) is 3.81. The molecule has 5 nitrogen and oxygen atoms in total. The van der Waals surface area contributed by atoms with Gasteiger partial charge in [-0.2, -0.15) is 0 Å². The van der Waals surface area contributed by atoms with Crippen LogP contribution in [0.2, 0.25) is 0 Å². The van der Waals surface area contributed by atoms with Crippen LogP contribution in [0.1, 0.15) is 26.7 Å². The quantitative estimate of drug-likeness (QED) is 0.872. The van der Waals surface area contributed by atoms with Gasteiger partial charge in [0.1, 0.15) is 5.75 Å². The van der Waals surface area contributed by atoms with Gasteiger partial charge in [0, 0.05) is 25.4 Å². The van der Waals surface area contributed by atoms with Gasteiger partial charge in [-0.05, 0) is 51.0 Å². The molecule has 1 saturated heterocycles. The predicted molar refractivity (Wildman–Crippen MR) is 82.4 cm³/mol. The van der Waals surface area contributed by atoms with E-state index in [-0.39, 0.29) is 12.0 Å². The Balaban J connectivity index is 2.01. The second-order valence-electron chi connectivity index (χ2n) is 5.74. The molecular formula is C16H24N2O3. The van der Waals surface area contributed by atoms with Crippen molar-refractivity contribution in [1.29, 1.82) is 0 Å². The van der Waals surface area contributed by atoms with Crippen LogP contribution in [0.5, 0.6) is 5.75 Å². The lowest BCUT2D eigenvalue weighted by Crippen LogP contribution is -2.46. The summed E-state index contributed by atoms with van der Waals surface area (Å²) in [5, 5.41) is 2.95. The minimum Gasteiger partial charge on any atom is -0.491 e. The van der Waals surface area contributed by atoms with Crippen molar-refractivity contribution in [2.24, 2.45) is 11.1 Å². The first-order valence-corrected chi connectivity index (χ1v) is 7.42. The van der Waals surface area contributed by atoms with Gasteiger partial charge in [-0.3, -0.25) is 4.79 Å². The SMILES string of the molecule is CC(C)Oc1ccc(NC(=O)C2(CN)CCOCC2)cc1. The maximum Gasteiger partial charge on any atom is 0.232 e. The number of nitrogens with one attached hydrogen (secondary N) is 1. The van der Waals surface area contributed by atoms with Crippen LogP contribution in [-0.4, -0.2) is 31.8 Å². The molecule has 116 valence electrons. The molecule has 3 N–H and O–H groups in total. The maximum atomic E-state index is 12.5. The molecule has 0 bridgehead atoms. The van der Waals surface area contributed by atoms with E-state index in [1.807, 2.05) is 38.1 Å². The van der Waals surface area contributed by atoms with Crippen molar-refractivity contribution in [3.05, 3.63) is 24.3 Å². The highest BCUT2D eigenvalue weighted by Crippen LogP contribution is 2.31. The molecule has 0 aromatic heterocycles. The lowest BCUT2D eigenvalue weighted by Gasteiger charge is -2.34. The fourth-order valence-corrected chi connectivity index (χ4v) is 2.44. The van der Waals surface area contributed by atoms with Crippen molar-refractivity contribution >= 4 is 11.6 Å². The summed E-state index contributed by atoms with van der Waals surface area (Å²) in [5.74, 6) is 0.772. The number of carbonyl (C=O) groups is 1. The molecule has 0 spiro atoms. The van der Waals surface area contributed by atoms with Crippen molar-refractivity contribution in [3.8, 4) is 5.75 Å². The van der Waals surface area contributed by atoms with Crippen LogP contribution in [0.3, 0.4) is 0 Å². The molecule has 1 amide bonds. The summed E-state index contributed by atoms with van der Waals surface area (Å²) in [6, 6.07) is 7.40. The van der Waals surface area contributed by atoms with E-state index in [9.17, 15) is 4.79 Å². The molecule has 0 aliphatic carbocycles. The predicted octanol–water partition coefficient (Wildman–Crippen LogP) is 2.17. The number of benzene rings is 1. The molecule has 1 fully saturated rings. The summed E-state index contributed by atoms with van der Waals surface area (Å²) in [7, 11) is 0. The first kappa shape index (κ1) is 15.8. The third kappa shape index (κ3) is 3.95. The third-order valence-corrected chi connectivity index (χ3v) is 3.81. The Morgan fingerprint density at radius 1 is 1.33 bits per heavy atom. The minimum atomic E-state index is -0.509. The van der Waals surface area contributed by atoms with Gasteiger partial charge < -0.3 is 20.5 Å². The zero-order valence-corrected chi connectivity index (χ0v) is 12.7. The molecule has 21 heavy (non-hydrogen) atoms. The molecule has 1 aromatic carbocycles. The van der Waals surface area contributed by atoms with Crippen LogP contribution in [0, 0.1) is 5.41 Å². The highest BCUT2D eigenvalue weighted by molar-refractivity contribution is 5.95. The summed E-state index contributed by atoms with van der Waals surface area (Å²) in [6.45, 7) is 5.48. The Morgan fingerprint density at radius 3 is 2.48 bits per heavy atom. The number of amides is 1. The molecule has 0 unspecified atom stereocenters. The molecule has 0 radical (unpaired) electrons. The molecule has 1 heterocycles. The number of hydrogen-bond acceptors (Lipinski definition) is 4. The second-order valence-corrected chi connectivity index (χ2v) is 5.74. The summed E-state index contributed by atoms with van der Waals surface area (Å²) >= 11 is 0. The van der Waals surface area contributed by atoms with Crippen LogP contribution in [-0.2, 0) is 9.53 Å². The standard InChI is InChI=1S/C16H24N2O3/c1-12(2)21-14-5-3-13(4-6-14)18-15(19)16(11-17)7-9-20-10-8-16/h3-6,12H,7-11,17H2,1-2H3,(H,18,19). The largest absolute Gasteiger partial charge is 0.491 e. The van der Waals surface area contributed by atoms with Gasteiger partial charge in [0.05, 0.1) is 11.5 Å². The topological polar surface area (TPSA) is 73.6 Å². The van der Waals surface area contributed by atoms with Crippen molar-refractivity contribution in [2.75, 3.05) is 25.1 Å². The van der Waals surface area contributed by atoms with Gasteiger partial charge in [-0.25, -0.2) is 0 Å². The second kappa shape index (κ2) is 6.91. The van der Waals surface area contributed by atoms with Crippen LogP contribution >= 0.6 is 0 Å². The Hall–Kier alpha value is -1.59. The maximum absolute atomic E-state index is 12.5. The Kier molecular flexibility index (Phi) is 5.20. The Morgan fingerprint density at radius 2 is 1.95 bits per heavy atom. The average molecular weight is 292 g/mol. The lowest BCUT2D eigenvalue weighted by atomic mass is 9.79. The van der Waals surface area contributed by atoms with E-state index in [1.54, 1.807) is 0 Å². The molecule has 5 heteroatoms. The number of nitrogens with two attached hydrogens (primary N) is 1. The zero-order chi connectivity index (χ0) is 15.3. The fourth-order valence-electron chi connectivity index (χ4n) is 2.44. The number of hydrogen-bond donors (Lipinski definition) is 2. The van der Waals surface area contributed by atoms with E-state index in [0.717, 1.165) is 11.4 Å².